The number of carbonyl (C=O) groups is 2. The maximum absolute atomic E-state index is 12.3. The van der Waals surface area contributed by atoms with E-state index in [1.807, 2.05) is 4.90 Å². The number of carbonyl (C=O) groups excluding carboxylic acids is 2. The Kier molecular flexibility index (Phi) is 4.22. The minimum absolute atomic E-state index is 0.0288. The Morgan fingerprint density at radius 1 is 1.22 bits per heavy atom. The molecular formula is C13H23N3O2. The van der Waals surface area contributed by atoms with Gasteiger partial charge in [0.05, 0.1) is 6.04 Å². The molecule has 2 heterocycles. The van der Waals surface area contributed by atoms with Crippen LogP contribution in [0, 0.1) is 11.8 Å². The predicted molar refractivity (Wildman–Crippen MR) is 68.7 cm³/mol. The minimum atomic E-state index is -0.230. The average Bonchev–Trinajstić information content (AvgIpc) is 2.38. The van der Waals surface area contributed by atoms with E-state index in [1.165, 1.54) is 0 Å². The van der Waals surface area contributed by atoms with Crippen LogP contribution < -0.4 is 11.1 Å². The van der Waals surface area contributed by atoms with Crippen LogP contribution in [0.3, 0.4) is 0 Å². The van der Waals surface area contributed by atoms with Crippen molar-refractivity contribution in [1.82, 2.24) is 10.2 Å². The highest BCUT2D eigenvalue weighted by atomic mass is 16.2. The molecule has 2 saturated heterocycles. The smallest absolute Gasteiger partial charge is 0.239 e. The van der Waals surface area contributed by atoms with Crippen molar-refractivity contribution in [1.29, 1.82) is 0 Å². The van der Waals surface area contributed by atoms with Gasteiger partial charge in [0.1, 0.15) is 0 Å². The minimum Gasteiger partial charge on any atom is -0.369 e. The summed E-state index contributed by atoms with van der Waals surface area (Å²) < 4.78 is 0. The van der Waals surface area contributed by atoms with Crippen LogP contribution in [0.1, 0.15) is 32.6 Å². The van der Waals surface area contributed by atoms with Crippen molar-refractivity contribution in [3.8, 4) is 0 Å². The Labute approximate surface area is 108 Å². The lowest BCUT2D eigenvalue weighted by atomic mass is 9.92. The molecule has 2 aliphatic heterocycles. The fourth-order valence-electron chi connectivity index (χ4n) is 2.90. The quantitative estimate of drug-likeness (QED) is 0.733. The third-order valence-corrected chi connectivity index (χ3v) is 4.17. The molecule has 5 heteroatoms. The van der Waals surface area contributed by atoms with Gasteiger partial charge < -0.3 is 16.0 Å². The zero-order valence-corrected chi connectivity index (χ0v) is 11.0. The van der Waals surface area contributed by atoms with Gasteiger partial charge >= 0.3 is 0 Å². The van der Waals surface area contributed by atoms with Gasteiger partial charge in [-0.05, 0) is 38.1 Å². The van der Waals surface area contributed by atoms with E-state index in [0.29, 0.717) is 31.8 Å². The second-order valence-electron chi connectivity index (χ2n) is 5.64. The molecule has 0 aromatic rings. The van der Waals surface area contributed by atoms with E-state index in [2.05, 4.69) is 12.2 Å². The third kappa shape index (κ3) is 3.02. The second kappa shape index (κ2) is 5.69. The van der Waals surface area contributed by atoms with Crippen LogP contribution in [0.4, 0.5) is 0 Å². The zero-order chi connectivity index (χ0) is 13.1. The highest BCUT2D eigenvalue weighted by molar-refractivity contribution is 5.82. The number of piperidine rings is 2. The summed E-state index contributed by atoms with van der Waals surface area (Å²) >= 11 is 0. The van der Waals surface area contributed by atoms with Gasteiger partial charge in [-0.15, -0.1) is 0 Å². The molecule has 2 unspecified atom stereocenters. The maximum atomic E-state index is 12.3. The van der Waals surface area contributed by atoms with Crippen molar-refractivity contribution in [2.75, 3.05) is 19.6 Å². The van der Waals surface area contributed by atoms with Gasteiger partial charge in [-0.2, -0.15) is 0 Å². The van der Waals surface area contributed by atoms with Crippen LogP contribution in [-0.2, 0) is 9.59 Å². The summed E-state index contributed by atoms with van der Waals surface area (Å²) in [5.41, 5.74) is 5.30. The summed E-state index contributed by atoms with van der Waals surface area (Å²) in [5.74, 6) is 0.534. The molecular weight excluding hydrogens is 230 g/mol. The van der Waals surface area contributed by atoms with Gasteiger partial charge in [0.15, 0.2) is 0 Å². The van der Waals surface area contributed by atoms with Crippen LogP contribution in [-0.4, -0.2) is 42.4 Å². The van der Waals surface area contributed by atoms with Gasteiger partial charge in [0.25, 0.3) is 0 Å². The van der Waals surface area contributed by atoms with Crippen LogP contribution in [0.15, 0.2) is 0 Å². The molecule has 2 atom stereocenters. The highest BCUT2D eigenvalue weighted by Crippen LogP contribution is 2.21. The molecule has 0 spiro atoms. The molecule has 2 rings (SSSR count). The van der Waals surface area contributed by atoms with E-state index in [1.54, 1.807) is 0 Å². The first kappa shape index (κ1) is 13.3. The maximum Gasteiger partial charge on any atom is 0.239 e. The molecule has 0 radical (unpaired) electrons. The molecule has 0 saturated carbocycles. The summed E-state index contributed by atoms with van der Waals surface area (Å²) in [5, 5.41) is 3.30. The number of nitrogens with zero attached hydrogens (tertiary/aromatic N) is 1. The van der Waals surface area contributed by atoms with Crippen molar-refractivity contribution >= 4 is 11.8 Å². The van der Waals surface area contributed by atoms with E-state index in [-0.39, 0.29) is 23.8 Å². The standard InChI is InChI=1S/C13H23N3O2/c1-9-2-5-15-11(8-9)13(18)16-6-3-10(4-7-16)12(14)17/h9-11,15H,2-8H2,1H3,(H2,14,17). The third-order valence-electron chi connectivity index (χ3n) is 4.17. The second-order valence-corrected chi connectivity index (χ2v) is 5.64. The van der Waals surface area contributed by atoms with Crippen LogP contribution in [0.5, 0.6) is 0 Å². The van der Waals surface area contributed by atoms with Gasteiger partial charge in [0.2, 0.25) is 11.8 Å². The number of nitrogens with two attached hydrogens (primary N) is 1. The molecule has 2 aliphatic rings. The first-order chi connectivity index (χ1) is 8.58. The molecule has 102 valence electrons. The number of rotatable bonds is 2. The molecule has 0 aromatic heterocycles. The Hall–Kier alpha value is -1.10. The number of amides is 2. The molecule has 0 bridgehead atoms. The molecule has 5 nitrogen and oxygen atoms in total. The number of primary amides is 1. The van der Waals surface area contributed by atoms with Gasteiger partial charge in [0, 0.05) is 19.0 Å². The highest BCUT2D eigenvalue weighted by Gasteiger charge is 2.31. The fourth-order valence-corrected chi connectivity index (χ4v) is 2.90. The monoisotopic (exact) mass is 253 g/mol. The number of hydrogen-bond acceptors (Lipinski definition) is 3. The molecule has 3 N–H and O–H groups in total. The Bertz CT molecular complexity index is 324. The van der Waals surface area contributed by atoms with E-state index < -0.39 is 0 Å². The van der Waals surface area contributed by atoms with E-state index in [9.17, 15) is 9.59 Å². The first-order valence-corrected chi connectivity index (χ1v) is 6.89. The lowest BCUT2D eigenvalue weighted by Gasteiger charge is -2.35. The number of nitrogens with one attached hydrogen (secondary N) is 1. The van der Waals surface area contributed by atoms with Crippen LogP contribution in [0.25, 0.3) is 0 Å². The number of likely N-dealkylation sites (tertiary alicyclic amines) is 1. The van der Waals surface area contributed by atoms with Crippen molar-refractivity contribution < 1.29 is 9.59 Å². The lowest BCUT2D eigenvalue weighted by molar-refractivity contribution is -0.137. The first-order valence-electron chi connectivity index (χ1n) is 6.89. The lowest BCUT2D eigenvalue weighted by Crippen LogP contribution is -2.52. The van der Waals surface area contributed by atoms with Crippen LogP contribution in [0.2, 0.25) is 0 Å². The van der Waals surface area contributed by atoms with E-state index in [0.717, 1.165) is 19.4 Å². The normalized spacial score (nSPS) is 30.2. The molecule has 2 fully saturated rings. The van der Waals surface area contributed by atoms with Crippen molar-refractivity contribution in [2.24, 2.45) is 17.6 Å². The predicted octanol–water partition coefficient (Wildman–Crippen LogP) is 0.0984. The average molecular weight is 253 g/mol. The summed E-state index contributed by atoms with van der Waals surface area (Å²) in [4.78, 5) is 25.3. The van der Waals surface area contributed by atoms with Gasteiger partial charge in [-0.1, -0.05) is 6.92 Å². The fraction of sp³-hybridized carbons (Fsp3) is 0.846. The Morgan fingerprint density at radius 3 is 2.44 bits per heavy atom. The topological polar surface area (TPSA) is 75.4 Å². The molecule has 0 aliphatic carbocycles. The van der Waals surface area contributed by atoms with E-state index >= 15 is 0 Å². The largest absolute Gasteiger partial charge is 0.369 e. The summed E-state index contributed by atoms with van der Waals surface area (Å²) in [6, 6.07) is -0.0288. The van der Waals surface area contributed by atoms with E-state index in [4.69, 9.17) is 5.73 Å². The van der Waals surface area contributed by atoms with Gasteiger partial charge in [-0.25, -0.2) is 0 Å². The summed E-state index contributed by atoms with van der Waals surface area (Å²) in [7, 11) is 0. The van der Waals surface area contributed by atoms with Crippen molar-refractivity contribution in [3.63, 3.8) is 0 Å². The number of hydrogen-bond donors (Lipinski definition) is 2. The van der Waals surface area contributed by atoms with Crippen molar-refractivity contribution in [3.05, 3.63) is 0 Å². The van der Waals surface area contributed by atoms with Crippen LogP contribution >= 0.6 is 0 Å². The molecule has 0 aromatic carbocycles. The zero-order valence-electron chi connectivity index (χ0n) is 11.0. The van der Waals surface area contributed by atoms with Gasteiger partial charge in [-0.3, -0.25) is 9.59 Å². The van der Waals surface area contributed by atoms with Crippen molar-refractivity contribution in [2.45, 2.75) is 38.6 Å². The Balaban J connectivity index is 1.85. The summed E-state index contributed by atoms with van der Waals surface area (Å²) in [6.07, 6.45) is 3.49. The Morgan fingerprint density at radius 2 is 1.89 bits per heavy atom. The molecule has 18 heavy (non-hydrogen) atoms. The SMILES string of the molecule is CC1CCNC(C(=O)N2CCC(C(N)=O)CC2)C1. The summed E-state index contributed by atoms with van der Waals surface area (Å²) in [6.45, 7) is 4.45. The molecule has 2 amide bonds.